The summed E-state index contributed by atoms with van der Waals surface area (Å²) in [6, 6.07) is 18.7. The van der Waals surface area contributed by atoms with Gasteiger partial charge in [-0.05, 0) is 35.7 Å². The van der Waals surface area contributed by atoms with Gasteiger partial charge in [-0.25, -0.2) is 0 Å². The Morgan fingerprint density at radius 2 is 1.78 bits per heavy atom. The molecule has 2 aromatic rings. The maximum Gasteiger partial charge on any atom is 0.225 e. The van der Waals surface area contributed by atoms with Gasteiger partial charge in [-0.3, -0.25) is 4.79 Å². The van der Waals surface area contributed by atoms with Crippen molar-refractivity contribution < 1.29 is 4.79 Å². The van der Waals surface area contributed by atoms with Crippen molar-refractivity contribution in [3.05, 3.63) is 60.2 Å². The molecule has 0 spiro atoms. The lowest BCUT2D eigenvalue weighted by Gasteiger charge is -2.34. The zero-order valence-corrected chi connectivity index (χ0v) is 13.8. The molecule has 0 bridgehead atoms. The number of carbonyl (C=O) groups is 1. The van der Waals surface area contributed by atoms with Crippen LogP contribution < -0.4 is 5.32 Å². The normalized spacial score (nSPS) is 15.7. The summed E-state index contributed by atoms with van der Waals surface area (Å²) in [5.74, 6) is 0.804. The number of benzene rings is 2. The van der Waals surface area contributed by atoms with E-state index in [-0.39, 0.29) is 11.8 Å². The van der Waals surface area contributed by atoms with Crippen molar-refractivity contribution >= 4 is 5.91 Å². The van der Waals surface area contributed by atoms with Gasteiger partial charge in [0.2, 0.25) is 5.91 Å². The first-order valence-electron chi connectivity index (χ1n) is 8.26. The van der Waals surface area contributed by atoms with Crippen LogP contribution in [0.25, 0.3) is 11.1 Å². The Kier molecular flexibility index (Phi) is 4.77. The first-order chi connectivity index (χ1) is 11.2. The standard InChI is InChI=1S/C20H24N2O/c1-15(18-12-21-13-18)20(23)22(2)14-17-10-6-7-11-19(17)16-8-4-3-5-9-16/h3-11,15,18,21H,12-14H2,1-2H3. The highest BCUT2D eigenvalue weighted by molar-refractivity contribution is 5.79. The molecule has 120 valence electrons. The molecule has 23 heavy (non-hydrogen) atoms. The molecule has 1 aliphatic rings. The van der Waals surface area contributed by atoms with E-state index in [2.05, 4.69) is 35.6 Å². The Morgan fingerprint density at radius 3 is 2.43 bits per heavy atom. The molecule has 3 heteroatoms. The van der Waals surface area contributed by atoms with Crippen molar-refractivity contribution in [2.75, 3.05) is 20.1 Å². The number of hydrogen-bond acceptors (Lipinski definition) is 2. The van der Waals surface area contributed by atoms with Gasteiger partial charge in [0.1, 0.15) is 0 Å². The van der Waals surface area contributed by atoms with E-state index in [4.69, 9.17) is 0 Å². The molecule has 0 aliphatic carbocycles. The maximum absolute atomic E-state index is 12.6. The van der Waals surface area contributed by atoms with E-state index in [1.807, 2.05) is 43.1 Å². The fourth-order valence-corrected chi connectivity index (χ4v) is 3.10. The molecular weight excluding hydrogens is 284 g/mol. The summed E-state index contributed by atoms with van der Waals surface area (Å²) in [5, 5.41) is 3.25. The first kappa shape index (κ1) is 15.8. The Labute approximate surface area is 138 Å². The van der Waals surface area contributed by atoms with E-state index in [0.29, 0.717) is 12.5 Å². The van der Waals surface area contributed by atoms with E-state index in [0.717, 1.165) is 13.1 Å². The highest BCUT2D eigenvalue weighted by Gasteiger charge is 2.30. The third-order valence-electron chi connectivity index (χ3n) is 4.80. The average Bonchev–Trinajstić information content (AvgIpc) is 2.53. The third-order valence-corrected chi connectivity index (χ3v) is 4.80. The Bertz CT molecular complexity index is 664. The molecule has 1 amide bonds. The summed E-state index contributed by atoms with van der Waals surface area (Å²) in [7, 11) is 1.91. The van der Waals surface area contributed by atoms with Gasteiger partial charge in [-0.1, -0.05) is 61.5 Å². The monoisotopic (exact) mass is 308 g/mol. The van der Waals surface area contributed by atoms with Gasteiger partial charge in [-0.15, -0.1) is 0 Å². The minimum absolute atomic E-state index is 0.0881. The van der Waals surface area contributed by atoms with Crippen LogP contribution in [0.3, 0.4) is 0 Å². The van der Waals surface area contributed by atoms with Crippen LogP contribution in [0.15, 0.2) is 54.6 Å². The van der Waals surface area contributed by atoms with Gasteiger partial charge in [0.25, 0.3) is 0 Å². The van der Waals surface area contributed by atoms with Gasteiger partial charge in [0.15, 0.2) is 0 Å². The topological polar surface area (TPSA) is 32.3 Å². The molecular formula is C20H24N2O. The lowest BCUT2D eigenvalue weighted by atomic mass is 9.88. The van der Waals surface area contributed by atoms with E-state index < -0.39 is 0 Å². The van der Waals surface area contributed by atoms with Crippen molar-refractivity contribution in [3.8, 4) is 11.1 Å². The Morgan fingerprint density at radius 1 is 1.13 bits per heavy atom. The van der Waals surface area contributed by atoms with Crippen LogP contribution in [0.5, 0.6) is 0 Å². The summed E-state index contributed by atoms with van der Waals surface area (Å²) < 4.78 is 0. The number of nitrogens with zero attached hydrogens (tertiary/aromatic N) is 1. The first-order valence-corrected chi connectivity index (χ1v) is 8.26. The van der Waals surface area contributed by atoms with Crippen molar-refractivity contribution in [3.63, 3.8) is 0 Å². The van der Waals surface area contributed by atoms with E-state index >= 15 is 0 Å². The molecule has 0 aromatic heterocycles. The molecule has 3 rings (SSSR count). The average molecular weight is 308 g/mol. The van der Waals surface area contributed by atoms with Crippen LogP contribution in [0.2, 0.25) is 0 Å². The minimum atomic E-state index is 0.0881. The maximum atomic E-state index is 12.6. The minimum Gasteiger partial charge on any atom is -0.341 e. The second kappa shape index (κ2) is 6.97. The summed E-state index contributed by atoms with van der Waals surface area (Å²) >= 11 is 0. The second-order valence-electron chi connectivity index (χ2n) is 6.42. The van der Waals surface area contributed by atoms with Crippen LogP contribution in [0, 0.1) is 11.8 Å². The number of nitrogens with one attached hydrogen (secondary N) is 1. The molecule has 1 N–H and O–H groups in total. The van der Waals surface area contributed by atoms with E-state index in [1.54, 1.807) is 0 Å². The third kappa shape index (κ3) is 3.45. The van der Waals surface area contributed by atoms with Gasteiger partial charge >= 0.3 is 0 Å². The molecule has 2 aromatic carbocycles. The van der Waals surface area contributed by atoms with Gasteiger partial charge in [0, 0.05) is 19.5 Å². The van der Waals surface area contributed by atoms with Crippen LogP contribution in [-0.4, -0.2) is 30.9 Å². The molecule has 1 heterocycles. The van der Waals surface area contributed by atoms with Crippen LogP contribution >= 0.6 is 0 Å². The molecule has 1 unspecified atom stereocenters. The van der Waals surface area contributed by atoms with Crippen LogP contribution in [0.1, 0.15) is 12.5 Å². The van der Waals surface area contributed by atoms with E-state index in [9.17, 15) is 4.79 Å². The number of amides is 1. The van der Waals surface area contributed by atoms with Crippen molar-refractivity contribution in [2.45, 2.75) is 13.5 Å². The van der Waals surface area contributed by atoms with Gasteiger partial charge in [-0.2, -0.15) is 0 Å². The van der Waals surface area contributed by atoms with E-state index in [1.165, 1.54) is 16.7 Å². The summed E-state index contributed by atoms with van der Waals surface area (Å²) in [5.41, 5.74) is 3.58. The van der Waals surface area contributed by atoms with Gasteiger partial charge in [0.05, 0.1) is 0 Å². The predicted octanol–water partition coefficient (Wildman–Crippen LogP) is 3.17. The quantitative estimate of drug-likeness (QED) is 0.920. The fourth-order valence-electron chi connectivity index (χ4n) is 3.10. The molecule has 1 atom stereocenters. The molecule has 1 aliphatic heterocycles. The van der Waals surface area contributed by atoms with Crippen molar-refractivity contribution in [1.29, 1.82) is 0 Å². The summed E-state index contributed by atoms with van der Waals surface area (Å²) in [6.07, 6.45) is 0. The second-order valence-corrected chi connectivity index (χ2v) is 6.42. The number of hydrogen-bond donors (Lipinski definition) is 1. The number of carbonyl (C=O) groups excluding carboxylic acids is 1. The van der Waals surface area contributed by atoms with Crippen LogP contribution in [0.4, 0.5) is 0 Å². The lowest BCUT2D eigenvalue weighted by Crippen LogP contribution is -2.49. The fraction of sp³-hybridized carbons (Fsp3) is 0.350. The highest BCUT2D eigenvalue weighted by Crippen LogP contribution is 2.25. The summed E-state index contributed by atoms with van der Waals surface area (Å²) in [4.78, 5) is 14.5. The van der Waals surface area contributed by atoms with Crippen LogP contribution in [-0.2, 0) is 11.3 Å². The Balaban J connectivity index is 1.76. The van der Waals surface area contributed by atoms with Crippen molar-refractivity contribution in [1.82, 2.24) is 10.2 Å². The molecule has 0 radical (unpaired) electrons. The van der Waals surface area contributed by atoms with Crippen molar-refractivity contribution in [2.24, 2.45) is 11.8 Å². The smallest absolute Gasteiger partial charge is 0.225 e. The molecule has 0 saturated carbocycles. The zero-order chi connectivity index (χ0) is 16.2. The summed E-state index contributed by atoms with van der Waals surface area (Å²) in [6.45, 7) is 4.62. The Hall–Kier alpha value is -2.13. The van der Waals surface area contributed by atoms with Gasteiger partial charge < -0.3 is 10.2 Å². The SMILES string of the molecule is CC(C(=O)N(C)Cc1ccccc1-c1ccccc1)C1CNC1. The molecule has 1 saturated heterocycles. The zero-order valence-electron chi connectivity index (χ0n) is 13.8. The molecule has 1 fully saturated rings. The predicted molar refractivity (Wildman–Crippen MR) is 93.9 cm³/mol. The largest absolute Gasteiger partial charge is 0.341 e. The number of rotatable bonds is 5. The highest BCUT2D eigenvalue weighted by atomic mass is 16.2. The lowest BCUT2D eigenvalue weighted by molar-refractivity contribution is -0.136. The molecule has 3 nitrogen and oxygen atoms in total.